The molecule has 0 aliphatic rings. The number of rotatable bonds is 7. The number of nitrogens with one attached hydrogen (secondary N) is 1. The molecule has 0 aliphatic carbocycles. The maximum atomic E-state index is 11.5. The lowest BCUT2D eigenvalue weighted by atomic mass is 10.2. The molecule has 1 N–H and O–H groups in total. The quantitative estimate of drug-likeness (QED) is 0.784. The molecular weight excluding hydrogens is 282 g/mol. The molecule has 20 heavy (non-hydrogen) atoms. The summed E-state index contributed by atoms with van der Waals surface area (Å²) in [4.78, 5) is 11.5. The SMILES string of the molecule is CCOC(=O)C(C)NCc1ccc(OC)c(OC)c1Cl. The molecule has 0 aliphatic heterocycles. The van der Waals surface area contributed by atoms with Crippen molar-refractivity contribution in [1.82, 2.24) is 5.32 Å². The van der Waals surface area contributed by atoms with E-state index in [4.69, 9.17) is 25.8 Å². The zero-order valence-corrected chi connectivity index (χ0v) is 12.9. The third kappa shape index (κ3) is 4.02. The van der Waals surface area contributed by atoms with E-state index in [0.717, 1.165) is 5.56 Å². The first kappa shape index (κ1) is 16.6. The first-order valence-electron chi connectivity index (χ1n) is 6.34. The van der Waals surface area contributed by atoms with E-state index in [2.05, 4.69) is 5.32 Å². The second kappa shape index (κ2) is 7.97. The van der Waals surface area contributed by atoms with Gasteiger partial charge in [-0.2, -0.15) is 0 Å². The molecule has 1 atom stereocenters. The van der Waals surface area contributed by atoms with Crippen LogP contribution in [-0.4, -0.2) is 32.8 Å². The second-order valence-corrected chi connectivity index (χ2v) is 4.51. The van der Waals surface area contributed by atoms with Gasteiger partial charge in [-0.15, -0.1) is 0 Å². The highest BCUT2D eigenvalue weighted by Gasteiger charge is 2.16. The van der Waals surface area contributed by atoms with Crippen LogP contribution in [0.1, 0.15) is 19.4 Å². The third-order valence-electron chi connectivity index (χ3n) is 2.80. The van der Waals surface area contributed by atoms with Crippen LogP contribution in [0.2, 0.25) is 5.02 Å². The van der Waals surface area contributed by atoms with E-state index in [-0.39, 0.29) is 5.97 Å². The summed E-state index contributed by atoms with van der Waals surface area (Å²) >= 11 is 6.26. The van der Waals surface area contributed by atoms with Gasteiger partial charge >= 0.3 is 5.97 Å². The minimum Gasteiger partial charge on any atom is -0.493 e. The summed E-state index contributed by atoms with van der Waals surface area (Å²) in [5.41, 5.74) is 0.820. The van der Waals surface area contributed by atoms with Crippen molar-refractivity contribution in [1.29, 1.82) is 0 Å². The molecule has 1 aromatic carbocycles. The van der Waals surface area contributed by atoms with Gasteiger partial charge in [0.2, 0.25) is 0 Å². The zero-order valence-electron chi connectivity index (χ0n) is 12.2. The standard InChI is InChI=1S/C14H20ClNO4/c1-5-20-14(17)9(2)16-8-10-6-7-11(18-3)13(19-4)12(10)15/h6-7,9,16H,5,8H2,1-4H3. The van der Waals surface area contributed by atoms with Crippen LogP contribution in [0.25, 0.3) is 0 Å². The number of hydrogen-bond acceptors (Lipinski definition) is 5. The molecule has 1 aromatic rings. The second-order valence-electron chi connectivity index (χ2n) is 4.13. The van der Waals surface area contributed by atoms with E-state index in [1.54, 1.807) is 27.0 Å². The summed E-state index contributed by atoms with van der Waals surface area (Å²) in [6.45, 7) is 4.31. The Labute approximate surface area is 124 Å². The molecule has 0 amide bonds. The highest BCUT2D eigenvalue weighted by Crippen LogP contribution is 2.37. The monoisotopic (exact) mass is 301 g/mol. The van der Waals surface area contributed by atoms with Gasteiger partial charge in [0.25, 0.3) is 0 Å². The predicted octanol–water partition coefficient (Wildman–Crippen LogP) is 2.40. The van der Waals surface area contributed by atoms with Crippen molar-refractivity contribution in [3.05, 3.63) is 22.7 Å². The van der Waals surface area contributed by atoms with E-state index in [1.807, 2.05) is 6.07 Å². The summed E-state index contributed by atoms with van der Waals surface area (Å²) in [7, 11) is 3.08. The predicted molar refractivity (Wildman–Crippen MR) is 77.5 cm³/mol. The van der Waals surface area contributed by atoms with Crippen molar-refractivity contribution >= 4 is 17.6 Å². The van der Waals surface area contributed by atoms with Gasteiger partial charge in [-0.25, -0.2) is 0 Å². The summed E-state index contributed by atoms with van der Waals surface area (Å²) in [5, 5.41) is 3.53. The number of methoxy groups -OCH3 is 2. The lowest BCUT2D eigenvalue weighted by Crippen LogP contribution is -2.34. The molecule has 0 saturated heterocycles. The number of esters is 1. The van der Waals surface area contributed by atoms with Crippen LogP contribution < -0.4 is 14.8 Å². The van der Waals surface area contributed by atoms with Crippen molar-refractivity contribution in [2.75, 3.05) is 20.8 Å². The highest BCUT2D eigenvalue weighted by molar-refractivity contribution is 6.33. The van der Waals surface area contributed by atoms with Gasteiger partial charge in [-0.05, 0) is 25.5 Å². The van der Waals surface area contributed by atoms with E-state index in [1.165, 1.54) is 7.11 Å². The summed E-state index contributed by atoms with van der Waals surface area (Å²) < 4.78 is 15.3. The van der Waals surface area contributed by atoms with Gasteiger partial charge < -0.3 is 19.5 Å². The average Bonchev–Trinajstić information content (AvgIpc) is 2.45. The molecule has 0 aromatic heterocycles. The Balaban J connectivity index is 2.76. The number of benzene rings is 1. The van der Waals surface area contributed by atoms with E-state index in [0.29, 0.717) is 29.7 Å². The number of ether oxygens (including phenoxy) is 3. The maximum absolute atomic E-state index is 11.5. The van der Waals surface area contributed by atoms with E-state index in [9.17, 15) is 4.79 Å². The molecule has 0 saturated carbocycles. The van der Waals surface area contributed by atoms with Gasteiger partial charge in [0.15, 0.2) is 11.5 Å². The molecule has 0 fully saturated rings. The van der Waals surface area contributed by atoms with Crippen LogP contribution in [0, 0.1) is 0 Å². The van der Waals surface area contributed by atoms with Crippen LogP contribution in [0.15, 0.2) is 12.1 Å². The molecule has 112 valence electrons. The Morgan fingerprint density at radius 1 is 1.35 bits per heavy atom. The molecule has 5 nitrogen and oxygen atoms in total. The van der Waals surface area contributed by atoms with Gasteiger partial charge in [-0.3, -0.25) is 4.79 Å². The van der Waals surface area contributed by atoms with Crippen molar-refractivity contribution in [3.63, 3.8) is 0 Å². The molecule has 0 heterocycles. The summed E-state index contributed by atoms with van der Waals surface area (Å²) in [6.07, 6.45) is 0. The van der Waals surface area contributed by atoms with Crippen molar-refractivity contribution < 1.29 is 19.0 Å². The first-order valence-corrected chi connectivity index (χ1v) is 6.72. The Hall–Kier alpha value is -1.46. The highest BCUT2D eigenvalue weighted by atomic mass is 35.5. The molecular formula is C14H20ClNO4. The summed E-state index contributed by atoms with van der Waals surface area (Å²) in [5.74, 6) is 0.765. The lowest BCUT2D eigenvalue weighted by Gasteiger charge is -2.15. The van der Waals surface area contributed by atoms with Crippen molar-refractivity contribution in [2.45, 2.75) is 26.4 Å². The van der Waals surface area contributed by atoms with Crippen LogP contribution in [-0.2, 0) is 16.1 Å². The van der Waals surface area contributed by atoms with Crippen LogP contribution in [0.3, 0.4) is 0 Å². The van der Waals surface area contributed by atoms with Crippen molar-refractivity contribution in [3.8, 4) is 11.5 Å². The fourth-order valence-corrected chi connectivity index (χ4v) is 1.98. The number of carbonyl (C=O) groups excluding carboxylic acids is 1. The van der Waals surface area contributed by atoms with Crippen molar-refractivity contribution in [2.24, 2.45) is 0 Å². The molecule has 0 radical (unpaired) electrons. The first-order chi connectivity index (χ1) is 9.54. The van der Waals surface area contributed by atoms with Crippen LogP contribution in [0.4, 0.5) is 0 Å². The average molecular weight is 302 g/mol. The van der Waals surface area contributed by atoms with Gasteiger partial charge in [-0.1, -0.05) is 17.7 Å². The third-order valence-corrected chi connectivity index (χ3v) is 3.22. The summed E-state index contributed by atoms with van der Waals surface area (Å²) in [6, 6.07) is 3.20. The molecule has 1 unspecified atom stereocenters. The van der Waals surface area contributed by atoms with E-state index >= 15 is 0 Å². The number of halogens is 1. The Morgan fingerprint density at radius 2 is 2.05 bits per heavy atom. The fourth-order valence-electron chi connectivity index (χ4n) is 1.68. The largest absolute Gasteiger partial charge is 0.493 e. The lowest BCUT2D eigenvalue weighted by molar-refractivity contribution is -0.145. The van der Waals surface area contributed by atoms with Crippen LogP contribution in [0.5, 0.6) is 11.5 Å². The molecule has 1 rings (SSSR count). The Morgan fingerprint density at radius 3 is 2.60 bits per heavy atom. The van der Waals surface area contributed by atoms with E-state index < -0.39 is 6.04 Å². The van der Waals surface area contributed by atoms with Gasteiger partial charge in [0, 0.05) is 6.54 Å². The Kier molecular flexibility index (Phi) is 6.61. The van der Waals surface area contributed by atoms with Gasteiger partial charge in [0.05, 0.1) is 25.8 Å². The molecule has 0 bridgehead atoms. The fraction of sp³-hybridized carbons (Fsp3) is 0.500. The Bertz CT molecular complexity index is 465. The smallest absolute Gasteiger partial charge is 0.322 e. The minimum absolute atomic E-state index is 0.288. The molecule has 0 spiro atoms. The maximum Gasteiger partial charge on any atom is 0.322 e. The number of carbonyl (C=O) groups is 1. The van der Waals surface area contributed by atoms with Gasteiger partial charge in [0.1, 0.15) is 6.04 Å². The minimum atomic E-state index is -0.404. The zero-order chi connectivity index (χ0) is 15.1. The van der Waals surface area contributed by atoms with Crippen LogP contribution >= 0.6 is 11.6 Å². The topological polar surface area (TPSA) is 56.8 Å². The normalized spacial score (nSPS) is 11.8. The number of hydrogen-bond donors (Lipinski definition) is 1. The molecule has 6 heteroatoms.